The van der Waals surface area contributed by atoms with E-state index in [1.54, 1.807) is 0 Å². The van der Waals surface area contributed by atoms with Gasteiger partial charge in [-0.3, -0.25) is 0 Å². The van der Waals surface area contributed by atoms with Gasteiger partial charge in [0.25, 0.3) is 0 Å². The molecule has 0 N–H and O–H groups in total. The van der Waals surface area contributed by atoms with Crippen LogP contribution in [-0.2, 0) is 0 Å². The van der Waals surface area contributed by atoms with Crippen molar-refractivity contribution < 1.29 is 4.39 Å². The van der Waals surface area contributed by atoms with Crippen molar-refractivity contribution in [1.29, 1.82) is 0 Å². The molecule has 0 aromatic heterocycles. The summed E-state index contributed by atoms with van der Waals surface area (Å²) in [5.41, 5.74) is 5.94. The molecule has 0 bridgehead atoms. The maximum absolute atomic E-state index is 13.1. The second kappa shape index (κ2) is 7.35. The van der Waals surface area contributed by atoms with Gasteiger partial charge in [0, 0.05) is 16.3 Å². The van der Waals surface area contributed by atoms with Crippen LogP contribution in [0.3, 0.4) is 0 Å². The van der Waals surface area contributed by atoms with Gasteiger partial charge in [0.2, 0.25) is 0 Å². The highest BCUT2D eigenvalue weighted by Gasteiger charge is 2.12. The molecule has 0 saturated heterocycles. The Kier molecular flexibility index (Phi) is 5.62. The fourth-order valence-corrected chi connectivity index (χ4v) is 5.31. The maximum atomic E-state index is 13.1. The van der Waals surface area contributed by atoms with Gasteiger partial charge in [-0.05, 0) is 127 Å². The van der Waals surface area contributed by atoms with Gasteiger partial charge in [-0.1, -0.05) is 24.3 Å². The molecule has 0 radical (unpaired) electrons. The lowest BCUT2D eigenvalue weighted by Crippen LogP contribution is -1.92. The molecule has 3 rings (SSSR count). The smallest absolute Gasteiger partial charge is 0.123 e. The molecule has 0 amide bonds. The summed E-state index contributed by atoms with van der Waals surface area (Å²) in [5, 5.41) is 0. The number of halogens is 4. The molecule has 0 fully saturated rings. The lowest BCUT2D eigenvalue weighted by molar-refractivity contribution is 0.628. The van der Waals surface area contributed by atoms with Gasteiger partial charge >= 0.3 is 0 Å². The summed E-state index contributed by atoms with van der Waals surface area (Å²) in [6.45, 7) is 2.12. The summed E-state index contributed by atoms with van der Waals surface area (Å²) in [5.74, 6) is -0.205. The minimum atomic E-state index is -0.205. The number of hydrogen-bond acceptors (Lipinski definition) is 0. The highest BCUT2D eigenvalue weighted by atomic mass is 127. The SMILES string of the molecule is Cc1ccc(-c2c(I)cc(-c3ccc(F)cc3)cc2I)cc1I. The van der Waals surface area contributed by atoms with Crippen LogP contribution >= 0.6 is 67.8 Å². The van der Waals surface area contributed by atoms with E-state index in [1.165, 1.54) is 39.5 Å². The van der Waals surface area contributed by atoms with Gasteiger partial charge in [-0.15, -0.1) is 0 Å². The van der Waals surface area contributed by atoms with Crippen LogP contribution in [-0.4, -0.2) is 0 Å². The number of hydrogen-bond donors (Lipinski definition) is 0. The Bertz CT molecular complexity index is 847. The molecule has 0 aliphatic carbocycles. The van der Waals surface area contributed by atoms with Gasteiger partial charge in [0.15, 0.2) is 0 Å². The first-order chi connectivity index (χ1) is 11.0. The predicted molar refractivity (Wildman–Crippen MR) is 120 cm³/mol. The molecule has 0 atom stereocenters. The van der Waals surface area contributed by atoms with Crippen LogP contribution in [0.5, 0.6) is 0 Å². The van der Waals surface area contributed by atoms with Gasteiger partial charge in [-0.25, -0.2) is 4.39 Å². The van der Waals surface area contributed by atoms with E-state index in [2.05, 4.69) is 105 Å². The molecule has 0 spiro atoms. The van der Waals surface area contributed by atoms with Crippen LogP contribution in [0.15, 0.2) is 54.6 Å². The Morgan fingerprint density at radius 2 is 1.17 bits per heavy atom. The highest BCUT2D eigenvalue weighted by Crippen LogP contribution is 2.35. The summed E-state index contributed by atoms with van der Waals surface area (Å²) in [4.78, 5) is 0. The third-order valence-corrected chi connectivity index (χ3v) is 6.54. The molecular weight excluding hydrogens is 628 g/mol. The van der Waals surface area contributed by atoms with E-state index in [1.807, 2.05) is 12.1 Å². The zero-order chi connectivity index (χ0) is 16.6. The second-order valence-electron chi connectivity index (χ2n) is 5.29. The van der Waals surface area contributed by atoms with Crippen molar-refractivity contribution in [2.75, 3.05) is 0 Å². The molecule has 0 saturated carbocycles. The summed E-state index contributed by atoms with van der Waals surface area (Å²) in [6, 6.07) is 17.6. The zero-order valence-corrected chi connectivity index (χ0v) is 18.7. The normalized spacial score (nSPS) is 10.8. The van der Waals surface area contributed by atoms with E-state index in [0.717, 1.165) is 11.1 Å². The molecule has 0 aliphatic rings. The van der Waals surface area contributed by atoms with Gasteiger partial charge in [0.1, 0.15) is 5.82 Å². The van der Waals surface area contributed by atoms with E-state index in [9.17, 15) is 4.39 Å². The van der Waals surface area contributed by atoms with Crippen LogP contribution in [0.1, 0.15) is 5.56 Å². The first-order valence-electron chi connectivity index (χ1n) is 6.97. The van der Waals surface area contributed by atoms with E-state index < -0.39 is 0 Å². The molecule has 3 aromatic carbocycles. The number of rotatable bonds is 2. The zero-order valence-electron chi connectivity index (χ0n) is 12.2. The lowest BCUT2D eigenvalue weighted by atomic mass is 10.00. The van der Waals surface area contributed by atoms with Crippen molar-refractivity contribution in [3.63, 3.8) is 0 Å². The molecule has 3 aromatic rings. The summed E-state index contributed by atoms with van der Waals surface area (Å²) >= 11 is 7.15. The molecule has 0 aliphatic heterocycles. The number of benzene rings is 3. The van der Waals surface area contributed by atoms with Crippen molar-refractivity contribution in [1.82, 2.24) is 0 Å². The van der Waals surface area contributed by atoms with Crippen molar-refractivity contribution in [2.45, 2.75) is 6.92 Å². The van der Waals surface area contributed by atoms with Crippen LogP contribution < -0.4 is 0 Å². The van der Waals surface area contributed by atoms with Crippen LogP contribution in [0.2, 0.25) is 0 Å². The monoisotopic (exact) mass is 640 g/mol. The molecule has 0 nitrogen and oxygen atoms in total. The Morgan fingerprint density at radius 1 is 0.652 bits per heavy atom. The van der Waals surface area contributed by atoms with Crippen LogP contribution in [0.25, 0.3) is 22.3 Å². The Morgan fingerprint density at radius 3 is 1.74 bits per heavy atom. The molecule has 23 heavy (non-hydrogen) atoms. The third kappa shape index (κ3) is 3.89. The fraction of sp³-hybridized carbons (Fsp3) is 0.0526. The van der Waals surface area contributed by atoms with Crippen molar-refractivity contribution in [3.05, 3.63) is 76.7 Å². The lowest BCUT2D eigenvalue weighted by Gasteiger charge is -2.12. The molecule has 0 heterocycles. The van der Waals surface area contributed by atoms with Gasteiger partial charge in [0.05, 0.1) is 0 Å². The average molecular weight is 640 g/mol. The topological polar surface area (TPSA) is 0 Å². The Balaban J connectivity index is 2.10. The quantitative estimate of drug-likeness (QED) is 0.259. The Labute approximate surface area is 176 Å². The van der Waals surface area contributed by atoms with Crippen LogP contribution in [0, 0.1) is 23.5 Å². The summed E-state index contributed by atoms with van der Waals surface area (Å²) in [7, 11) is 0. The van der Waals surface area contributed by atoms with E-state index >= 15 is 0 Å². The molecule has 4 heteroatoms. The van der Waals surface area contributed by atoms with Gasteiger partial charge in [-0.2, -0.15) is 0 Å². The van der Waals surface area contributed by atoms with E-state index in [4.69, 9.17) is 0 Å². The Hall–Kier alpha value is -0.220. The molecular formula is C19H12FI3. The van der Waals surface area contributed by atoms with Crippen molar-refractivity contribution >= 4 is 67.8 Å². The molecule has 0 unspecified atom stereocenters. The molecule has 116 valence electrons. The number of aryl methyl sites for hydroxylation is 1. The first-order valence-corrected chi connectivity index (χ1v) is 10.2. The van der Waals surface area contributed by atoms with E-state index in [0.29, 0.717) is 0 Å². The van der Waals surface area contributed by atoms with Gasteiger partial charge < -0.3 is 0 Å². The first kappa shape index (κ1) is 17.6. The highest BCUT2D eigenvalue weighted by molar-refractivity contribution is 14.1. The average Bonchev–Trinajstić information content (AvgIpc) is 2.51. The predicted octanol–water partition coefficient (Wildman–Crippen LogP) is 7.28. The maximum Gasteiger partial charge on any atom is 0.123 e. The van der Waals surface area contributed by atoms with Crippen molar-refractivity contribution in [3.8, 4) is 22.3 Å². The summed E-state index contributed by atoms with van der Waals surface area (Å²) in [6.07, 6.45) is 0. The minimum Gasteiger partial charge on any atom is -0.207 e. The standard InChI is InChI=1S/C19H12FI3/c1-11-2-3-13(8-16(11)21)19-17(22)9-14(10-18(19)23)12-4-6-15(20)7-5-12/h2-10H,1H3. The summed E-state index contributed by atoms with van der Waals surface area (Å²) < 4.78 is 16.8. The third-order valence-electron chi connectivity index (χ3n) is 3.68. The van der Waals surface area contributed by atoms with E-state index in [-0.39, 0.29) is 5.82 Å². The minimum absolute atomic E-state index is 0.205. The van der Waals surface area contributed by atoms with Crippen molar-refractivity contribution in [2.24, 2.45) is 0 Å². The fourth-order valence-electron chi connectivity index (χ4n) is 2.41. The van der Waals surface area contributed by atoms with Crippen LogP contribution in [0.4, 0.5) is 4.39 Å². The second-order valence-corrected chi connectivity index (χ2v) is 8.77. The largest absolute Gasteiger partial charge is 0.207 e.